The minimum absolute atomic E-state index is 0.0228. The Morgan fingerprint density at radius 2 is 1.92 bits per heavy atom. The smallest absolute Gasteiger partial charge is 0.273 e. The van der Waals surface area contributed by atoms with Crippen molar-refractivity contribution in [2.75, 3.05) is 24.5 Å². The van der Waals surface area contributed by atoms with E-state index in [1.165, 1.54) is 16.9 Å². The van der Waals surface area contributed by atoms with E-state index in [0.717, 1.165) is 22.5 Å². The third-order valence-corrected chi connectivity index (χ3v) is 10.7. The van der Waals surface area contributed by atoms with Gasteiger partial charge in [-0.05, 0) is 42.5 Å². The lowest BCUT2D eigenvalue weighted by Gasteiger charge is -2.28. The quantitative estimate of drug-likeness (QED) is 0.251. The lowest BCUT2D eigenvalue weighted by molar-refractivity contribution is 0.0944. The number of benzene rings is 2. The number of thiophene rings is 1. The highest BCUT2D eigenvalue weighted by Gasteiger charge is 2.27. The van der Waals surface area contributed by atoms with Gasteiger partial charge in [-0.1, -0.05) is 48.5 Å². The molecule has 1 amide bonds. The summed E-state index contributed by atoms with van der Waals surface area (Å²) < 4.78 is 27.2. The summed E-state index contributed by atoms with van der Waals surface area (Å²) in [6.45, 7) is 2.43. The van der Waals surface area contributed by atoms with Crippen LogP contribution in [0.5, 0.6) is 0 Å². The SMILES string of the molecule is CN(c1cccc2cc(C(=O)NCC(C)(CCO)SCc3ccccc3)[nH]c12)S(=O)(=O)c1cccs1. The second kappa shape index (κ2) is 11.1. The Hall–Kier alpha value is -2.79. The molecule has 1 atom stereocenters. The Bertz CT molecular complexity index is 1420. The molecule has 0 bridgehead atoms. The number of carbonyl (C=O) groups is 1. The lowest BCUT2D eigenvalue weighted by atomic mass is 10.1. The molecule has 2 aromatic carbocycles. The van der Waals surface area contributed by atoms with Crippen molar-refractivity contribution in [3.05, 3.63) is 83.4 Å². The van der Waals surface area contributed by atoms with Crippen molar-refractivity contribution in [1.29, 1.82) is 0 Å². The maximum atomic E-state index is 13.1. The molecule has 2 aromatic heterocycles. The average molecular weight is 544 g/mol. The first kappa shape index (κ1) is 26.3. The van der Waals surface area contributed by atoms with Crippen molar-refractivity contribution in [1.82, 2.24) is 10.3 Å². The van der Waals surface area contributed by atoms with Crippen LogP contribution in [0, 0.1) is 0 Å². The highest BCUT2D eigenvalue weighted by Crippen LogP contribution is 2.33. The Labute approximate surface area is 219 Å². The Morgan fingerprint density at radius 3 is 2.61 bits per heavy atom. The number of anilines is 1. The number of sulfonamides is 1. The summed E-state index contributed by atoms with van der Waals surface area (Å²) in [4.78, 5) is 16.2. The zero-order chi connectivity index (χ0) is 25.8. The summed E-state index contributed by atoms with van der Waals surface area (Å²) in [7, 11) is -2.20. The molecule has 0 aliphatic heterocycles. The monoisotopic (exact) mass is 543 g/mol. The summed E-state index contributed by atoms with van der Waals surface area (Å²) in [5.41, 5.74) is 2.56. The number of hydrogen-bond donors (Lipinski definition) is 3. The maximum absolute atomic E-state index is 13.1. The Balaban J connectivity index is 1.50. The van der Waals surface area contributed by atoms with Crippen molar-refractivity contribution in [2.24, 2.45) is 0 Å². The first-order valence-corrected chi connectivity index (χ1v) is 14.8. The third kappa shape index (κ3) is 5.78. The predicted molar refractivity (Wildman–Crippen MR) is 148 cm³/mol. The molecule has 7 nitrogen and oxygen atoms in total. The number of nitrogens with one attached hydrogen (secondary N) is 2. The zero-order valence-corrected chi connectivity index (χ0v) is 22.6. The molecule has 0 fully saturated rings. The first-order chi connectivity index (χ1) is 17.2. The highest BCUT2D eigenvalue weighted by atomic mass is 32.2. The van der Waals surface area contributed by atoms with Crippen molar-refractivity contribution in [3.8, 4) is 0 Å². The molecular weight excluding hydrogens is 515 g/mol. The number of aromatic nitrogens is 1. The average Bonchev–Trinajstić information content (AvgIpc) is 3.57. The molecule has 2 heterocycles. The van der Waals surface area contributed by atoms with Crippen LogP contribution in [0.15, 0.2) is 76.3 Å². The number of hydrogen-bond acceptors (Lipinski definition) is 6. The number of aliphatic hydroxyl groups excluding tert-OH is 1. The number of aromatic amines is 1. The fourth-order valence-electron chi connectivity index (χ4n) is 3.84. The van der Waals surface area contributed by atoms with E-state index in [-0.39, 0.29) is 21.5 Å². The number of aliphatic hydroxyl groups is 1. The number of fused-ring (bicyclic) bond motifs is 1. The Morgan fingerprint density at radius 1 is 1.14 bits per heavy atom. The number of nitrogens with zero attached hydrogens (tertiary/aromatic N) is 1. The summed E-state index contributed by atoms with van der Waals surface area (Å²) in [6.07, 6.45) is 0.535. The van der Waals surface area contributed by atoms with Crippen molar-refractivity contribution in [3.63, 3.8) is 0 Å². The fraction of sp³-hybridized carbons (Fsp3) is 0.269. The molecule has 10 heteroatoms. The van der Waals surface area contributed by atoms with Gasteiger partial charge in [-0.2, -0.15) is 0 Å². The molecule has 0 aliphatic rings. The van der Waals surface area contributed by atoms with Gasteiger partial charge in [0.2, 0.25) is 0 Å². The van der Waals surface area contributed by atoms with Gasteiger partial charge in [0.15, 0.2) is 0 Å². The minimum atomic E-state index is -3.71. The first-order valence-electron chi connectivity index (χ1n) is 11.4. The van der Waals surface area contributed by atoms with Gasteiger partial charge >= 0.3 is 0 Å². The van der Waals surface area contributed by atoms with Crippen molar-refractivity contribution in [2.45, 2.75) is 28.1 Å². The van der Waals surface area contributed by atoms with Crippen LogP contribution in [0.1, 0.15) is 29.4 Å². The van der Waals surface area contributed by atoms with Gasteiger partial charge in [0.1, 0.15) is 9.90 Å². The maximum Gasteiger partial charge on any atom is 0.273 e. The molecule has 36 heavy (non-hydrogen) atoms. The van der Waals surface area contributed by atoms with Gasteiger partial charge in [0, 0.05) is 36.1 Å². The fourth-order valence-corrected chi connectivity index (χ4v) is 7.33. The minimum Gasteiger partial charge on any atom is -0.396 e. The van der Waals surface area contributed by atoms with Crippen LogP contribution in [0.3, 0.4) is 0 Å². The predicted octanol–water partition coefficient (Wildman–Crippen LogP) is 4.86. The summed E-state index contributed by atoms with van der Waals surface area (Å²) in [5, 5.41) is 15.1. The second-order valence-electron chi connectivity index (χ2n) is 8.71. The van der Waals surface area contributed by atoms with Gasteiger partial charge in [0.05, 0.1) is 11.2 Å². The van der Waals surface area contributed by atoms with Crippen molar-refractivity contribution >= 4 is 55.6 Å². The Kier molecular flexibility index (Phi) is 8.09. The molecular formula is C26H29N3O4S3. The van der Waals surface area contributed by atoms with E-state index in [1.54, 1.807) is 47.5 Å². The van der Waals surface area contributed by atoms with Crippen LogP contribution in [0.4, 0.5) is 5.69 Å². The molecule has 1 unspecified atom stereocenters. The summed E-state index contributed by atoms with van der Waals surface area (Å²) >= 11 is 2.85. The van der Waals surface area contributed by atoms with Crippen LogP contribution in [0.2, 0.25) is 0 Å². The molecule has 0 radical (unpaired) electrons. The topological polar surface area (TPSA) is 102 Å². The standard InChI is InChI=1S/C26H29N3O4S3/c1-26(13-14-30,35-17-19-8-4-3-5-9-19)18-27-25(31)21-16-20-10-6-11-22(24(20)28-21)29(2)36(32,33)23-12-7-15-34-23/h3-12,15-16,28,30H,13-14,17-18H2,1-2H3,(H,27,31). The van der Waals surface area contributed by atoms with Crippen molar-refractivity contribution < 1.29 is 18.3 Å². The van der Waals surface area contributed by atoms with E-state index < -0.39 is 10.0 Å². The number of para-hydroxylation sites is 1. The van der Waals surface area contributed by atoms with E-state index in [4.69, 9.17) is 0 Å². The van der Waals surface area contributed by atoms with Gasteiger partial charge in [-0.25, -0.2) is 8.42 Å². The lowest BCUT2D eigenvalue weighted by Crippen LogP contribution is -2.39. The summed E-state index contributed by atoms with van der Waals surface area (Å²) in [6, 6.07) is 20.4. The molecule has 3 N–H and O–H groups in total. The molecule has 0 spiro atoms. The normalized spacial score (nSPS) is 13.4. The van der Waals surface area contributed by atoms with Crippen LogP contribution in [0.25, 0.3) is 10.9 Å². The third-order valence-electron chi connectivity index (χ3n) is 6.02. The number of rotatable bonds is 11. The molecule has 0 saturated heterocycles. The number of amides is 1. The van der Waals surface area contributed by atoms with E-state index in [0.29, 0.717) is 29.9 Å². The molecule has 0 saturated carbocycles. The van der Waals surface area contributed by atoms with E-state index >= 15 is 0 Å². The van der Waals surface area contributed by atoms with E-state index in [1.807, 2.05) is 31.2 Å². The molecule has 190 valence electrons. The van der Waals surface area contributed by atoms with Gasteiger partial charge in [-0.3, -0.25) is 9.10 Å². The van der Waals surface area contributed by atoms with Crippen LogP contribution in [-0.4, -0.2) is 49.4 Å². The van der Waals surface area contributed by atoms with Crippen LogP contribution >= 0.6 is 23.1 Å². The molecule has 4 rings (SSSR count). The van der Waals surface area contributed by atoms with Gasteiger partial charge < -0.3 is 15.4 Å². The van der Waals surface area contributed by atoms with E-state index in [9.17, 15) is 18.3 Å². The largest absolute Gasteiger partial charge is 0.396 e. The van der Waals surface area contributed by atoms with Crippen LogP contribution in [-0.2, 0) is 15.8 Å². The zero-order valence-electron chi connectivity index (χ0n) is 20.1. The summed E-state index contributed by atoms with van der Waals surface area (Å²) in [5.74, 6) is 0.485. The number of thioether (sulfide) groups is 1. The second-order valence-corrected chi connectivity index (χ2v) is 13.4. The molecule has 0 aliphatic carbocycles. The van der Waals surface area contributed by atoms with Gasteiger partial charge in [-0.15, -0.1) is 23.1 Å². The number of H-pyrrole nitrogens is 1. The van der Waals surface area contributed by atoms with E-state index in [2.05, 4.69) is 22.4 Å². The van der Waals surface area contributed by atoms with Gasteiger partial charge in [0.25, 0.3) is 15.9 Å². The van der Waals surface area contributed by atoms with Crippen LogP contribution < -0.4 is 9.62 Å². The molecule has 4 aromatic rings. The highest BCUT2D eigenvalue weighted by molar-refractivity contribution is 7.99. The number of carbonyl (C=O) groups excluding carboxylic acids is 1.